The number of methoxy groups -OCH3 is 1. The van der Waals surface area contributed by atoms with Crippen molar-refractivity contribution in [1.29, 1.82) is 0 Å². The number of carbonyl (C=O) groups is 1. The number of nitrogens with one attached hydrogen (secondary N) is 1. The predicted molar refractivity (Wildman–Crippen MR) is 74.0 cm³/mol. The van der Waals surface area contributed by atoms with Crippen LogP contribution in [0, 0.1) is 5.92 Å². The van der Waals surface area contributed by atoms with Gasteiger partial charge in [0.1, 0.15) is 5.75 Å². The summed E-state index contributed by atoms with van der Waals surface area (Å²) in [6.07, 6.45) is 4.14. The lowest BCUT2D eigenvalue weighted by Gasteiger charge is -2.04. The molecule has 4 heteroatoms. The van der Waals surface area contributed by atoms with Crippen LogP contribution >= 0.6 is 0 Å². The molecule has 0 bridgehead atoms. The topological polar surface area (TPSA) is 43.3 Å². The Balaban J connectivity index is 1.86. The fourth-order valence-corrected chi connectivity index (χ4v) is 2.39. The van der Waals surface area contributed by atoms with Gasteiger partial charge < -0.3 is 14.6 Å². The number of aryl methyl sites for hydroxylation is 1. The Hall–Kier alpha value is -1.97. The number of fused-ring (bicyclic) bond motifs is 1. The van der Waals surface area contributed by atoms with Gasteiger partial charge in [0.25, 0.3) is 0 Å². The SMILES string of the molecule is COc1ccc2c(c1)c(CNC(=O)C1CC1)cn2C. The largest absolute Gasteiger partial charge is 0.497 e. The first-order valence-corrected chi connectivity index (χ1v) is 6.58. The Bertz CT molecular complexity index is 626. The molecular weight excluding hydrogens is 240 g/mol. The maximum absolute atomic E-state index is 11.7. The van der Waals surface area contributed by atoms with Crippen LogP contribution in [0.5, 0.6) is 5.75 Å². The molecule has 1 saturated carbocycles. The van der Waals surface area contributed by atoms with Gasteiger partial charge in [-0.1, -0.05) is 0 Å². The summed E-state index contributed by atoms with van der Waals surface area (Å²) >= 11 is 0. The maximum atomic E-state index is 11.7. The summed E-state index contributed by atoms with van der Waals surface area (Å²) in [5.41, 5.74) is 2.28. The molecule has 1 fully saturated rings. The number of benzene rings is 1. The highest BCUT2D eigenvalue weighted by Gasteiger charge is 2.29. The van der Waals surface area contributed by atoms with E-state index < -0.39 is 0 Å². The minimum Gasteiger partial charge on any atom is -0.497 e. The van der Waals surface area contributed by atoms with Gasteiger partial charge in [-0.05, 0) is 36.6 Å². The first-order chi connectivity index (χ1) is 9.19. The van der Waals surface area contributed by atoms with Crippen molar-refractivity contribution in [2.45, 2.75) is 19.4 Å². The van der Waals surface area contributed by atoms with Gasteiger partial charge in [-0.2, -0.15) is 0 Å². The average molecular weight is 258 g/mol. The number of hydrogen-bond acceptors (Lipinski definition) is 2. The lowest BCUT2D eigenvalue weighted by atomic mass is 10.1. The third-order valence-corrected chi connectivity index (χ3v) is 3.68. The molecule has 0 atom stereocenters. The fraction of sp³-hybridized carbons (Fsp3) is 0.400. The molecular formula is C15H18N2O2. The Morgan fingerprint density at radius 1 is 1.47 bits per heavy atom. The normalized spacial score (nSPS) is 14.6. The van der Waals surface area contributed by atoms with E-state index in [4.69, 9.17) is 4.74 Å². The van der Waals surface area contributed by atoms with Crippen molar-refractivity contribution in [3.05, 3.63) is 30.0 Å². The summed E-state index contributed by atoms with van der Waals surface area (Å²) in [6.45, 7) is 0.583. The first-order valence-electron chi connectivity index (χ1n) is 6.58. The van der Waals surface area contributed by atoms with Crippen molar-refractivity contribution in [3.8, 4) is 5.75 Å². The lowest BCUT2D eigenvalue weighted by Crippen LogP contribution is -2.23. The van der Waals surface area contributed by atoms with Crippen molar-refractivity contribution >= 4 is 16.8 Å². The van der Waals surface area contributed by atoms with Crippen LogP contribution in [0.3, 0.4) is 0 Å². The number of nitrogens with zero attached hydrogens (tertiary/aromatic N) is 1. The summed E-state index contributed by atoms with van der Waals surface area (Å²) in [4.78, 5) is 11.7. The molecule has 1 amide bonds. The van der Waals surface area contributed by atoms with Gasteiger partial charge in [-0.3, -0.25) is 4.79 Å². The van der Waals surface area contributed by atoms with Crippen molar-refractivity contribution in [1.82, 2.24) is 9.88 Å². The third-order valence-electron chi connectivity index (χ3n) is 3.68. The second-order valence-corrected chi connectivity index (χ2v) is 5.14. The van der Waals surface area contributed by atoms with E-state index in [1.54, 1.807) is 7.11 Å². The van der Waals surface area contributed by atoms with Gasteiger partial charge in [-0.15, -0.1) is 0 Å². The summed E-state index contributed by atoms with van der Waals surface area (Å²) in [6, 6.07) is 6.02. The second kappa shape index (κ2) is 4.61. The summed E-state index contributed by atoms with van der Waals surface area (Å²) in [5.74, 6) is 1.28. The van der Waals surface area contributed by atoms with Gasteiger partial charge >= 0.3 is 0 Å². The molecule has 1 aliphatic carbocycles. The van der Waals surface area contributed by atoms with Crippen LogP contribution in [0.1, 0.15) is 18.4 Å². The van der Waals surface area contributed by atoms with Gasteiger partial charge in [-0.25, -0.2) is 0 Å². The van der Waals surface area contributed by atoms with E-state index in [0.29, 0.717) is 6.54 Å². The fourth-order valence-electron chi connectivity index (χ4n) is 2.39. The molecule has 1 heterocycles. The molecule has 0 unspecified atom stereocenters. The monoisotopic (exact) mass is 258 g/mol. The van der Waals surface area contributed by atoms with Crippen LogP contribution in [0.25, 0.3) is 10.9 Å². The minimum atomic E-state index is 0.180. The number of ether oxygens (including phenoxy) is 1. The minimum absolute atomic E-state index is 0.180. The number of hydrogen-bond donors (Lipinski definition) is 1. The van der Waals surface area contributed by atoms with Gasteiger partial charge in [0, 0.05) is 36.6 Å². The Morgan fingerprint density at radius 3 is 2.95 bits per heavy atom. The van der Waals surface area contributed by atoms with E-state index in [-0.39, 0.29) is 11.8 Å². The third kappa shape index (κ3) is 2.30. The zero-order chi connectivity index (χ0) is 13.4. The summed E-state index contributed by atoms with van der Waals surface area (Å²) in [7, 11) is 3.68. The average Bonchev–Trinajstić information content (AvgIpc) is 3.22. The standard InChI is InChI=1S/C15H18N2O2/c1-17-9-11(8-16-15(18)10-3-4-10)13-7-12(19-2)5-6-14(13)17/h5-7,9-10H,3-4,8H2,1-2H3,(H,16,18). The van der Waals surface area contributed by atoms with Gasteiger partial charge in [0.05, 0.1) is 7.11 Å². The van der Waals surface area contributed by atoms with Crippen molar-refractivity contribution in [3.63, 3.8) is 0 Å². The van der Waals surface area contributed by atoms with E-state index >= 15 is 0 Å². The van der Waals surface area contributed by atoms with E-state index in [2.05, 4.69) is 16.1 Å². The molecule has 0 aliphatic heterocycles. The van der Waals surface area contributed by atoms with Crippen molar-refractivity contribution in [2.75, 3.05) is 7.11 Å². The molecule has 100 valence electrons. The highest BCUT2D eigenvalue weighted by Crippen LogP contribution is 2.29. The molecule has 1 aliphatic rings. The van der Waals surface area contributed by atoms with E-state index in [1.807, 2.05) is 25.2 Å². The molecule has 0 spiro atoms. The molecule has 0 radical (unpaired) electrons. The molecule has 1 N–H and O–H groups in total. The van der Waals surface area contributed by atoms with E-state index in [0.717, 1.165) is 35.1 Å². The van der Waals surface area contributed by atoms with Crippen LogP contribution in [0.4, 0.5) is 0 Å². The van der Waals surface area contributed by atoms with Crippen LogP contribution in [-0.2, 0) is 18.4 Å². The molecule has 1 aromatic heterocycles. The highest BCUT2D eigenvalue weighted by molar-refractivity contribution is 5.86. The van der Waals surface area contributed by atoms with Crippen LogP contribution in [0.2, 0.25) is 0 Å². The zero-order valence-electron chi connectivity index (χ0n) is 11.3. The number of carbonyl (C=O) groups excluding carboxylic acids is 1. The van der Waals surface area contributed by atoms with Crippen LogP contribution in [-0.4, -0.2) is 17.6 Å². The molecule has 0 saturated heterocycles. The summed E-state index contributed by atoms with van der Waals surface area (Å²) in [5, 5.41) is 4.15. The Labute approximate surface area is 112 Å². The van der Waals surface area contributed by atoms with Crippen LogP contribution < -0.4 is 10.1 Å². The van der Waals surface area contributed by atoms with Crippen molar-refractivity contribution < 1.29 is 9.53 Å². The first kappa shape index (κ1) is 12.1. The molecule has 3 rings (SSSR count). The molecule has 4 nitrogen and oxygen atoms in total. The zero-order valence-corrected chi connectivity index (χ0v) is 11.3. The number of rotatable bonds is 4. The van der Waals surface area contributed by atoms with Gasteiger partial charge in [0.15, 0.2) is 0 Å². The molecule has 1 aromatic carbocycles. The van der Waals surface area contributed by atoms with Crippen LogP contribution in [0.15, 0.2) is 24.4 Å². The molecule has 2 aromatic rings. The number of amides is 1. The van der Waals surface area contributed by atoms with Crippen molar-refractivity contribution in [2.24, 2.45) is 13.0 Å². The Morgan fingerprint density at radius 2 is 2.26 bits per heavy atom. The smallest absolute Gasteiger partial charge is 0.223 e. The van der Waals surface area contributed by atoms with E-state index in [9.17, 15) is 4.79 Å². The van der Waals surface area contributed by atoms with Gasteiger partial charge in [0.2, 0.25) is 5.91 Å². The Kier molecular flexibility index (Phi) is 2.93. The quantitative estimate of drug-likeness (QED) is 0.913. The molecule has 19 heavy (non-hydrogen) atoms. The number of aromatic nitrogens is 1. The predicted octanol–water partition coefficient (Wildman–Crippen LogP) is 2.21. The summed E-state index contributed by atoms with van der Waals surface area (Å²) < 4.78 is 7.34. The lowest BCUT2D eigenvalue weighted by molar-refractivity contribution is -0.122. The highest BCUT2D eigenvalue weighted by atomic mass is 16.5. The maximum Gasteiger partial charge on any atom is 0.223 e. The van der Waals surface area contributed by atoms with E-state index in [1.165, 1.54) is 0 Å². The second-order valence-electron chi connectivity index (χ2n) is 5.14.